The summed E-state index contributed by atoms with van der Waals surface area (Å²) in [6.07, 6.45) is 5.04. The minimum atomic E-state index is 0.437. The highest BCUT2D eigenvalue weighted by Crippen LogP contribution is 2.16. The smallest absolute Gasteiger partial charge is 0.133 e. The van der Waals surface area contributed by atoms with E-state index >= 15 is 0 Å². The van der Waals surface area contributed by atoms with Crippen LogP contribution in [-0.2, 0) is 6.54 Å². The fourth-order valence-corrected chi connectivity index (χ4v) is 2.36. The first-order valence-electron chi connectivity index (χ1n) is 7.76. The molecule has 25 heavy (non-hydrogen) atoms. The molecule has 0 amide bonds. The number of aromatic nitrogens is 1. The van der Waals surface area contributed by atoms with Crippen molar-refractivity contribution >= 4 is 23.0 Å². The number of pyridine rings is 1. The van der Waals surface area contributed by atoms with Gasteiger partial charge in [-0.1, -0.05) is 43.6 Å². The lowest BCUT2D eigenvalue weighted by Crippen LogP contribution is -2.23. The maximum atomic E-state index is 5.92. The van der Waals surface area contributed by atoms with Crippen LogP contribution >= 0.6 is 12.2 Å². The average molecular weight is 351 g/mol. The van der Waals surface area contributed by atoms with E-state index < -0.39 is 0 Å². The van der Waals surface area contributed by atoms with Crippen molar-refractivity contribution in [3.8, 4) is 5.75 Å². The number of nitrogen functional groups attached to an aromatic ring is 1. The Morgan fingerprint density at radius 3 is 2.56 bits per heavy atom. The monoisotopic (exact) mass is 351 g/mol. The van der Waals surface area contributed by atoms with Crippen LogP contribution in [0.4, 0.5) is 5.82 Å². The predicted octanol–water partition coefficient (Wildman–Crippen LogP) is 4.07. The molecule has 0 saturated heterocycles. The summed E-state index contributed by atoms with van der Waals surface area (Å²) in [5, 5.41) is 3.20. The Morgan fingerprint density at radius 1 is 1.24 bits per heavy atom. The highest BCUT2D eigenvalue weighted by Gasteiger charge is 2.07. The zero-order valence-corrected chi connectivity index (χ0v) is 15.0. The van der Waals surface area contributed by atoms with E-state index in [0.717, 1.165) is 22.6 Å². The van der Waals surface area contributed by atoms with Gasteiger partial charge in [0.25, 0.3) is 0 Å². The molecule has 0 aliphatic carbocycles. The summed E-state index contributed by atoms with van der Waals surface area (Å²) >= 11 is 5.39. The number of aryl methyl sites for hydroxylation is 1. The van der Waals surface area contributed by atoms with Gasteiger partial charge in [0.1, 0.15) is 22.3 Å². The first-order chi connectivity index (χ1) is 12.0. The van der Waals surface area contributed by atoms with Crippen molar-refractivity contribution in [1.82, 2.24) is 10.3 Å². The van der Waals surface area contributed by atoms with Crippen LogP contribution < -0.4 is 15.8 Å². The predicted molar refractivity (Wildman–Crippen MR) is 107 cm³/mol. The molecule has 3 N–H and O–H groups in total. The topological polar surface area (TPSA) is 60.2 Å². The molecule has 1 aromatic heterocycles. The van der Waals surface area contributed by atoms with Gasteiger partial charge in [-0.2, -0.15) is 0 Å². The lowest BCUT2D eigenvalue weighted by atomic mass is 10.2. The third-order valence-corrected chi connectivity index (χ3v) is 3.77. The molecule has 0 bridgehead atoms. The summed E-state index contributed by atoms with van der Waals surface area (Å²) in [4.78, 5) is 4.80. The van der Waals surface area contributed by atoms with Crippen molar-refractivity contribution < 1.29 is 4.74 Å². The molecular weight excluding hydrogens is 330 g/mol. The van der Waals surface area contributed by atoms with Gasteiger partial charge in [-0.3, -0.25) is 0 Å². The third kappa shape index (κ3) is 5.29. The largest absolute Gasteiger partial charge is 0.457 e. The van der Waals surface area contributed by atoms with Gasteiger partial charge in [-0.05, 0) is 48.9 Å². The number of rotatable bonds is 7. The highest BCUT2D eigenvalue weighted by atomic mass is 32.1. The Labute approximate surface area is 153 Å². The standard InChI is InChI=1S/C20H21N3OS/c1-4-6-16(5-2)24-17-10-8-15(9-11-17)13-22-20(25)18-12-7-14(3)23-19(18)21/h4-12H,1-2,13H2,3H3,(H2,21,23)(H,22,25)/b16-6+. The van der Waals surface area contributed by atoms with Crippen LogP contribution in [0.15, 0.2) is 73.5 Å². The van der Waals surface area contributed by atoms with Crippen LogP contribution in [0.1, 0.15) is 16.8 Å². The highest BCUT2D eigenvalue weighted by molar-refractivity contribution is 7.80. The quantitative estimate of drug-likeness (QED) is 0.447. The molecule has 1 heterocycles. The van der Waals surface area contributed by atoms with E-state index in [2.05, 4.69) is 23.5 Å². The second-order valence-electron chi connectivity index (χ2n) is 5.32. The molecule has 0 atom stereocenters. The summed E-state index contributed by atoms with van der Waals surface area (Å²) in [5.41, 5.74) is 8.60. The molecule has 2 aromatic rings. The van der Waals surface area contributed by atoms with Gasteiger partial charge >= 0.3 is 0 Å². The molecule has 1 aromatic carbocycles. The van der Waals surface area contributed by atoms with Gasteiger partial charge in [-0.25, -0.2) is 4.98 Å². The molecule has 0 saturated carbocycles. The Bertz CT molecular complexity index is 810. The molecule has 0 unspecified atom stereocenters. The van der Waals surface area contributed by atoms with Gasteiger partial charge < -0.3 is 15.8 Å². The minimum Gasteiger partial charge on any atom is -0.457 e. The Kier molecular flexibility index (Phi) is 6.48. The van der Waals surface area contributed by atoms with Crippen LogP contribution in [0.3, 0.4) is 0 Å². The zero-order chi connectivity index (χ0) is 18.2. The third-order valence-electron chi connectivity index (χ3n) is 3.40. The fourth-order valence-electron chi connectivity index (χ4n) is 2.12. The number of benzene rings is 1. The summed E-state index contributed by atoms with van der Waals surface area (Å²) in [5.74, 6) is 1.81. The number of ether oxygens (including phenoxy) is 1. The lowest BCUT2D eigenvalue weighted by molar-refractivity contribution is 0.444. The number of nitrogens with zero attached hydrogens (tertiary/aromatic N) is 1. The number of thiocarbonyl (C=S) groups is 1. The van der Waals surface area contributed by atoms with E-state index in [4.69, 9.17) is 22.7 Å². The number of hydrogen-bond acceptors (Lipinski definition) is 4. The van der Waals surface area contributed by atoms with E-state index in [1.54, 1.807) is 18.2 Å². The van der Waals surface area contributed by atoms with Crippen molar-refractivity contribution in [2.24, 2.45) is 0 Å². The second-order valence-corrected chi connectivity index (χ2v) is 5.73. The first-order valence-corrected chi connectivity index (χ1v) is 8.17. The second kappa shape index (κ2) is 8.80. The van der Waals surface area contributed by atoms with Gasteiger partial charge in [0.15, 0.2) is 0 Å². The average Bonchev–Trinajstić information content (AvgIpc) is 2.60. The van der Waals surface area contributed by atoms with Crippen molar-refractivity contribution in [2.45, 2.75) is 13.5 Å². The summed E-state index contributed by atoms with van der Waals surface area (Å²) in [7, 11) is 0. The van der Waals surface area contributed by atoms with E-state index in [1.807, 2.05) is 43.3 Å². The molecule has 0 radical (unpaired) electrons. The number of hydrogen-bond donors (Lipinski definition) is 2. The zero-order valence-electron chi connectivity index (χ0n) is 14.2. The molecule has 4 nitrogen and oxygen atoms in total. The molecule has 5 heteroatoms. The van der Waals surface area contributed by atoms with Gasteiger partial charge in [0, 0.05) is 12.2 Å². The minimum absolute atomic E-state index is 0.437. The summed E-state index contributed by atoms with van der Waals surface area (Å²) in [6.45, 7) is 9.82. The van der Waals surface area contributed by atoms with Gasteiger partial charge in [0.05, 0.1) is 5.56 Å². The van der Waals surface area contributed by atoms with Crippen LogP contribution in [-0.4, -0.2) is 9.97 Å². The molecule has 0 aliphatic heterocycles. The Hall–Kier alpha value is -2.92. The number of anilines is 1. The molecular formula is C20H21N3OS. The SMILES string of the molecule is C=C/C=C(\C=C)Oc1ccc(CNC(=S)c2ccc(C)nc2N)cc1. The number of nitrogens with two attached hydrogens (primary N) is 1. The molecule has 0 fully saturated rings. The molecule has 2 rings (SSSR count). The van der Waals surface area contributed by atoms with Crippen molar-refractivity contribution in [2.75, 3.05) is 5.73 Å². The fraction of sp³-hybridized carbons (Fsp3) is 0.100. The molecule has 0 spiro atoms. The molecule has 128 valence electrons. The van der Waals surface area contributed by atoms with Gasteiger partial charge in [0.2, 0.25) is 0 Å². The van der Waals surface area contributed by atoms with Crippen molar-refractivity contribution in [1.29, 1.82) is 0 Å². The Balaban J connectivity index is 1.97. The molecule has 0 aliphatic rings. The van der Waals surface area contributed by atoms with Crippen molar-refractivity contribution in [3.05, 3.63) is 90.4 Å². The summed E-state index contributed by atoms with van der Waals surface area (Å²) < 4.78 is 5.68. The first kappa shape index (κ1) is 18.4. The van der Waals surface area contributed by atoms with Gasteiger partial charge in [-0.15, -0.1) is 0 Å². The normalized spacial score (nSPS) is 10.8. The van der Waals surface area contributed by atoms with E-state index in [0.29, 0.717) is 23.1 Å². The number of nitrogens with one attached hydrogen (secondary N) is 1. The van der Waals surface area contributed by atoms with Crippen LogP contribution in [0.2, 0.25) is 0 Å². The van der Waals surface area contributed by atoms with E-state index in [1.165, 1.54) is 0 Å². The van der Waals surface area contributed by atoms with Crippen molar-refractivity contribution in [3.63, 3.8) is 0 Å². The maximum Gasteiger partial charge on any atom is 0.133 e. The maximum absolute atomic E-state index is 5.92. The summed E-state index contributed by atoms with van der Waals surface area (Å²) in [6, 6.07) is 11.5. The van der Waals surface area contributed by atoms with Crippen LogP contribution in [0, 0.1) is 6.92 Å². The van der Waals surface area contributed by atoms with E-state index in [9.17, 15) is 0 Å². The van der Waals surface area contributed by atoms with Crippen LogP contribution in [0.5, 0.6) is 5.75 Å². The van der Waals surface area contributed by atoms with Crippen LogP contribution in [0.25, 0.3) is 0 Å². The number of allylic oxidation sites excluding steroid dienone is 3. The van der Waals surface area contributed by atoms with E-state index in [-0.39, 0.29) is 0 Å². The Morgan fingerprint density at radius 2 is 1.96 bits per heavy atom. The lowest BCUT2D eigenvalue weighted by Gasteiger charge is -2.11.